The maximum atomic E-state index is 10.8. The Hall–Kier alpha value is -1.78. The highest BCUT2D eigenvalue weighted by Crippen LogP contribution is 1.69. The average molecular weight is 183 g/mol. The molecule has 0 aliphatic heterocycles. The number of nitrogens with one attached hydrogen (secondary N) is 3. The lowest BCUT2D eigenvalue weighted by molar-refractivity contribution is 0.228. The standard InChI is InChI=1S/C8H13N3O2/c1-3-5-9-7(12)11-8(13)10-6-4-2/h3-4H,1-2,5-6H2,(H3,9,10,11,12,13). The van der Waals surface area contributed by atoms with E-state index in [9.17, 15) is 9.59 Å². The van der Waals surface area contributed by atoms with Gasteiger partial charge in [0.25, 0.3) is 0 Å². The summed E-state index contributed by atoms with van der Waals surface area (Å²) in [5, 5.41) is 6.82. The maximum absolute atomic E-state index is 10.8. The molecular formula is C8H13N3O2. The Kier molecular flexibility index (Phi) is 5.96. The van der Waals surface area contributed by atoms with Gasteiger partial charge in [0.05, 0.1) is 0 Å². The van der Waals surface area contributed by atoms with Crippen molar-refractivity contribution < 1.29 is 9.59 Å². The Bertz CT molecular complexity index is 191. The maximum Gasteiger partial charge on any atom is 0.323 e. The van der Waals surface area contributed by atoms with Crippen molar-refractivity contribution in [1.82, 2.24) is 16.0 Å². The molecule has 0 saturated heterocycles. The summed E-state index contributed by atoms with van der Waals surface area (Å²) in [6.45, 7) is 7.45. The predicted octanol–water partition coefficient (Wildman–Crippen LogP) is 0.367. The van der Waals surface area contributed by atoms with Gasteiger partial charge in [0, 0.05) is 13.1 Å². The largest absolute Gasteiger partial charge is 0.334 e. The number of imide groups is 1. The second kappa shape index (κ2) is 6.90. The second-order valence-electron chi connectivity index (χ2n) is 2.12. The molecule has 0 aromatic carbocycles. The molecule has 0 aromatic rings. The molecule has 0 unspecified atom stereocenters. The lowest BCUT2D eigenvalue weighted by atomic mass is 10.6. The summed E-state index contributed by atoms with van der Waals surface area (Å²) in [5.74, 6) is 0. The number of carbonyl (C=O) groups excluding carboxylic acids is 2. The van der Waals surface area contributed by atoms with E-state index < -0.39 is 12.1 Å². The first-order valence-electron chi connectivity index (χ1n) is 3.75. The fraction of sp³-hybridized carbons (Fsp3) is 0.250. The van der Waals surface area contributed by atoms with Crippen molar-refractivity contribution in [3.63, 3.8) is 0 Å². The van der Waals surface area contributed by atoms with Gasteiger partial charge in [-0.05, 0) is 0 Å². The van der Waals surface area contributed by atoms with Crippen LogP contribution in [0.25, 0.3) is 0 Å². The highest BCUT2D eigenvalue weighted by atomic mass is 16.2. The van der Waals surface area contributed by atoms with Gasteiger partial charge in [-0.25, -0.2) is 9.59 Å². The Balaban J connectivity index is 3.58. The second-order valence-corrected chi connectivity index (χ2v) is 2.12. The minimum Gasteiger partial charge on any atom is -0.334 e. The van der Waals surface area contributed by atoms with Crippen molar-refractivity contribution >= 4 is 12.1 Å². The molecule has 0 spiro atoms. The number of rotatable bonds is 4. The van der Waals surface area contributed by atoms with Crippen LogP contribution in [0.5, 0.6) is 0 Å². The molecule has 3 N–H and O–H groups in total. The summed E-state index contributed by atoms with van der Waals surface area (Å²) in [6.07, 6.45) is 3.03. The van der Waals surface area contributed by atoms with E-state index >= 15 is 0 Å². The van der Waals surface area contributed by atoms with Crippen LogP contribution in [0, 0.1) is 0 Å². The van der Waals surface area contributed by atoms with Crippen molar-refractivity contribution in [2.75, 3.05) is 13.1 Å². The topological polar surface area (TPSA) is 70.2 Å². The van der Waals surface area contributed by atoms with Gasteiger partial charge in [-0.15, -0.1) is 13.2 Å². The molecule has 0 saturated carbocycles. The number of carbonyl (C=O) groups is 2. The summed E-state index contributed by atoms with van der Waals surface area (Å²) < 4.78 is 0. The van der Waals surface area contributed by atoms with E-state index in [1.807, 2.05) is 0 Å². The van der Waals surface area contributed by atoms with Crippen LogP contribution in [-0.4, -0.2) is 25.2 Å². The monoisotopic (exact) mass is 183 g/mol. The van der Waals surface area contributed by atoms with Crippen molar-refractivity contribution in [2.24, 2.45) is 0 Å². The molecule has 13 heavy (non-hydrogen) atoms. The Morgan fingerprint density at radius 1 is 1.00 bits per heavy atom. The van der Waals surface area contributed by atoms with E-state index in [1.165, 1.54) is 12.2 Å². The number of hydrogen-bond acceptors (Lipinski definition) is 2. The van der Waals surface area contributed by atoms with Crippen molar-refractivity contribution in [3.05, 3.63) is 25.3 Å². The first-order valence-corrected chi connectivity index (χ1v) is 3.75. The summed E-state index contributed by atoms with van der Waals surface area (Å²) in [4.78, 5) is 21.6. The third-order valence-corrected chi connectivity index (χ3v) is 1.04. The molecule has 0 atom stereocenters. The van der Waals surface area contributed by atoms with E-state index in [4.69, 9.17) is 0 Å². The molecule has 0 radical (unpaired) electrons. The quantitative estimate of drug-likeness (QED) is 0.551. The third kappa shape index (κ3) is 6.61. The van der Waals surface area contributed by atoms with Gasteiger partial charge in [-0.1, -0.05) is 12.2 Å². The van der Waals surface area contributed by atoms with Gasteiger partial charge in [0.2, 0.25) is 0 Å². The zero-order chi connectivity index (χ0) is 10.1. The Morgan fingerprint density at radius 3 is 1.69 bits per heavy atom. The average Bonchev–Trinajstić information content (AvgIpc) is 2.11. The zero-order valence-corrected chi connectivity index (χ0v) is 7.30. The van der Waals surface area contributed by atoms with Crippen LogP contribution in [-0.2, 0) is 0 Å². The van der Waals surface area contributed by atoms with Crippen LogP contribution in [0.2, 0.25) is 0 Å². The molecule has 0 heterocycles. The first-order chi connectivity index (χ1) is 6.20. The van der Waals surface area contributed by atoms with Gasteiger partial charge in [-0.3, -0.25) is 5.32 Å². The van der Waals surface area contributed by atoms with Crippen LogP contribution in [0.15, 0.2) is 25.3 Å². The number of urea groups is 2. The lowest BCUT2D eigenvalue weighted by Gasteiger charge is -2.04. The van der Waals surface area contributed by atoms with Gasteiger partial charge in [0.1, 0.15) is 0 Å². The number of hydrogen-bond donors (Lipinski definition) is 3. The summed E-state index contributed by atoms with van der Waals surface area (Å²) in [7, 11) is 0. The fourth-order valence-corrected chi connectivity index (χ4v) is 0.521. The molecule has 0 fully saturated rings. The summed E-state index contributed by atoms with van der Waals surface area (Å²) >= 11 is 0. The van der Waals surface area contributed by atoms with E-state index in [0.717, 1.165) is 0 Å². The van der Waals surface area contributed by atoms with Crippen LogP contribution in [0.4, 0.5) is 9.59 Å². The van der Waals surface area contributed by atoms with E-state index in [0.29, 0.717) is 13.1 Å². The van der Waals surface area contributed by atoms with Crippen LogP contribution in [0.1, 0.15) is 0 Å². The van der Waals surface area contributed by atoms with Gasteiger partial charge < -0.3 is 10.6 Å². The molecule has 4 amide bonds. The fourth-order valence-electron chi connectivity index (χ4n) is 0.521. The van der Waals surface area contributed by atoms with Crippen molar-refractivity contribution in [2.45, 2.75) is 0 Å². The molecule has 0 aliphatic carbocycles. The van der Waals surface area contributed by atoms with Crippen molar-refractivity contribution in [1.29, 1.82) is 0 Å². The molecule has 72 valence electrons. The first kappa shape index (κ1) is 11.2. The van der Waals surface area contributed by atoms with E-state index in [-0.39, 0.29) is 0 Å². The lowest BCUT2D eigenvalue weighted by Crippen LogP contribution is -2.44. The highest BCUT2D eigenvalue weighted by molar-refractivity contribution is 5.93. The van der Waals surface area contributed by atoms with Gasteiger partial charge in [0.15, 0.2) is 0 Å². The Labute approximate surface area is 76.9 Å². The van der Waals surface area contributed by atoms with E-state index in [1.54, 1.807) is 0 Å². The van der Waals surface area contributed by atoms with Crippen LogP contribution < -0.4 is 16.0 Å². The molecular weight excluding hydrogens is 170 g/mol. The molecule has 0 aromatic heterocycles. The van der Waals surface area contributed by atoms with Crippen LogP contribution in [0.3, 0.4) is 0 Å². The normalized spacial score (nSPS) is 8.31. The molecule has 0 aliphatic rings. The SMILES string of the molecule is C=CCNC(=O)NC(=O)NCC=C. The molecule has 0 rings (SSSR count). The van der Waals surface area contributed by atoms with E-state index in [2.05, 4.69) is 29.1 Å². The Morgan fingerprint density at radius 2 is 1.38 bits per heavy atom. The van der Waals surface area contributed by atoms with Crippen molar-refractivity contribution in [3.8, 4) is 0 Å². The van der Waals surface area contributed by atoms with Crippen LogP contribution >= 0.6 is 0 Å². The van der Waals surface area contributed by atoms with Gasteiger partial charge >= 0.3 is 12.1 Å². The minimum atomic E-state index is -0.554. The predicted molar refractivity (Wildman–Crippen MR) is 50.3 cm³/mol. The van der Waals surface area contributed by atoms with Gasteiger partial charge in [-0.2, -0.15) is 0 Å². The highest BCUT2D eigenvalue weighted by Gasteiger charge is 2.03. The summed E-state index contributed by atoms with van der Waals surface area (Å²) in [5.41, 5.74) is 0. The molecule has 0 bridgehead atoms. The third-order valence-electron chi connectivity index (χ3n) is 1.04. The molecule has 5 heteroatoms. The smallest absolute Gasteiger partial charge is 0.323 e. The molecule has 5 nitrogen and oxygen atoms in total. The summed E-state index contributed by atoms with van der Waals surface area (Å²) in [6, 6.07) is -1.11. The minimum absolute atomic E-state index is 0.320. The number of amides is 4. The zero-order valence-electron chi connectivity index (χ0n) is 7.30.